The van der Waals surface area contributed by atoms with Gasteiger partial charge < -0.3 is 10.6 Å². The van der Waals surface area contributed by atoms with Crippen LogP contribution in [-0.2, 0) is 6.42 Å². The maximum absolute atomic E-state index is 13.5. The first-order chi connectivity index (χ1) is 11.5. The average molecular weight is 346 g/mol. The number of fused-ring (bicyclic) bond motifs is 1. The van der Waals surface area contributed by atoms with Gasteiger partial charge in [0, 0.05) is 10.7 Å². The zero-order valence-corrected chi connectivity index (χ0v) is 13.8. The van der Waals surface area contributed by atoms with Crippen molar-refractivity contribution in [1.29, 1.82) is 0 Å². The van der Waals surface area contributed by atoms with Crippen molar-refractivity contribution in [2.24, 2.45) is 0 Å². The Bertz CT molecular complexity index is 858. The topological polar surface area (TPSA) is 41.1 Å². The van der Waals surface area contributed by atoms with Crippen molar-refractivity contribution in [2.45, 2.75) is 19.4 Å². The van der Waals surface area contributed by atoms with E-state index in [1.807, 2.05) is 25.1 Å². The van der Waals surface area contributed by atoms with E-state index in [-0.39, 0.29) is 6.04 Å². The normalized spacial score (nSPS) is 12.1. The number of rotatable bonds is 4. The summed E-state index contributed by atoms with van der Waals surface area (Å²) >= 11 is 1.65. The summed E-state index contributed by atoms with van der Waals surface area (Å²) in [4.78, 5) is 12.0. The highest BCUT2D eigenvalue weighted by Gasteiger charge is 2.14. The summed E-state index contributed by atoms with van der Waals surface area (Å²) in [7, 11) is 0. The average Bonchev–Trinajstić information content (AvgIpc) is 2.94. The molecule has 0 spiro atoms. The van der Waals surface area contributed by atoms with Gasteiger partial charge in [-0.3, -0.25) is 0 Å². The molecule has 0 saturated carbocycles. The van der Waals surface area contributed by atoms with Gasteiger partial charge in [-0.25, -0.2) is 13.6 Å². The molecule has 3 aromatic rings. The Morgan fingerprint density at radius 3 is 2.58 bits per heavy atom. The van der Waals surface area contributed by atoms with Gasteiger partial charge in [-0.1, -0.05) is 24.3 Å². The Morgan fingerprint density at radius 2 is 1.83 bits per heavy atom. The van der Waals surface area contributed by atoms with Crippen molar-refractivity contribution in [3.8, 4) is 0 Å². The third-order valence-electron chi connectivity index (χ3n) is 3.67. The molecule has 24 heavy (non-hydrogen) atoms. The summed E-state index contributed by atoms with van der Waals surface area (Å²) in [5.41, 5.74) is 0.698. The molecule has 2 aromatic carbocycles. The first-order valence-corrected chi connectivity index (χ1v) is 8.39. The predicted octanol–water partition coefficient (Wildman–Crippen LogP) is 4.93. The first kappa shape index (κ1) is 16.4. The van der Waals surface area contributed by atoms with Gasteiger partial charge in [0.25, 0.3) is 0 Å². The summed E-state index contributed by atoms with van der Waals surface area (Å²) in [6, 6.07) is 10.7. The first-order valence-electron chi connectivity index (χ1n) is 7.51. The molecule has 0 aliphatic heterocycles. The second-order valence-electron chi connectivity index (χ2n) is 5.56. The van der Waals surface area contributed by atoms with Crippen LogP contribution >= 0.6 is 11.3 Å². The minimum atomic E-state index is -0.804. The van der Waals surface area contributed by atoms with Gasteiger partial charge in [0.15, 0.2) is 0 Å². The van der Waals surface area contributed by atoms with Crippen LogP contribution in [0.15, 0.2) is 47.8 Å². The van der Waals surface area contributed by atoms with Gasteiger partial charge in [0.1, 0.15) is 17.3 Å². The standard InChI is InChI=1S/C18H16F2N2OS/c1-11(9-12-10-24-16-8-3-2-5-13(12)16)21-18(23)22-17-14(19)6-4-7-15(17)20/h2-8,10-11H,9H2,1H3,(H2,21,22,23)/t11-/m1/s1. The van der Waals surface area contributed by atoms with E-state index < -0.39 is 23.4 Å². The summed E-state index contributed by atoms with van der Waals surface area (Å²) in [5, 5.41) is 8.17. The van der Waals surface area contributed by atoms with Crippen LogP contribution in [0.4, 0.5) is 19.3 Å². The number of amides is 2. The molecule has 1 aromatic heterocycles. The molecule has 2 amide bonds. The highest BCUT2D eigenvalue weighted by molar-refractivity contribution is 7.17. The monoisotopic (exact) mass is 346 g/mol. The summed E-state index contributed by atoms with van der Waals surface area (Å²) < 4.78 is 28.3. The maximum Gasteiger partial charge on any atom is 0.319 e. The molecule has 1 heterocycles. The molecule has 3 nitrogen and oxygen atoms in total. The number of anilines is 1. The van der Waals surface area contributed by atoms with Crippen LogP contribution in [0.25, 0.3) is 10.1 Å². The van der Waals surface area contributed by atoms with Gasteiger partial charge >= 0.3 is 6.03 Å². The molecule has 0 fully saturated rings. The Labute approximate surface area is 142 Å². The van der Waals surface area contributed by atoms with Crippen molar-refractivity contribution in [3.63, 3.8) is 0 Å². The number of halogens is 2. The Hall–Kier alpha value is -2.47. The molecule has 6 heteroatoms. The molecule has 1 atom stereocenters. The zero-order chi connectivity index (χ0) is 17.1. The molecule has 0 radical (unpaired) electrons. The van der Waals surface area contributed by atoms with Crippen LogP contribution in [0, 0.1) is 11.6 Å². The van der Waals surface area contributed by atoms with E-state index in [1.165, 1.54) is 10.8 Å². The lowest BCUT2D eigenvalue weighted by molar-refractivity contribution is 0.249. The van der Waals surface area contributed by atoms with Crippen molar-refractivity contribution >= 4 is 33.1 Å². The van der Waals surface area contributed by atoms with Crippen molar-refractivity contribution in [3.05, 3.63) is 65.0 Å². The van der Waals surface area contributed by atoms with Crippen LogP contribution in [0.1, 0.15) is 12.5 Å². The molecular weight excluding hydrogens is 330 g/mol. The third kappa shape index (κ3) is 3.54. The van der Waals surface area contributed by atoms with Crippen molar-refractivity contribution in [1.82, 2.24) is 5.32 Å². The molecule has 0 aliphatic carbocycles. The fraction of sp³-hybridized carbons (Fsp3) is 0.167. The Balaban J connectivity index is 1.64. The number of para-hydroxylation sites is 1. The molecule has 2 N–H and O–H groups in total. The molecule has 3 rings (SSSR count). The minimum Gasteiger partial charge on any atom is -0.335 e. The van der Waals surface area contributed by atoms with Crippen molar-refractivity contribution in [2.75, 3.05) is 5.32 Å². The van der Waals surface area contributed by atoms with Gasteiger partial charge in [-0.2, -0.15) is 0 Å². The number of urea groups is 1. The second-order valence-corrected chi connectivity index (χ2v) is 6.47. The smallest absolute Gasteiger partial charge is 0.319 e. The Kier molecular flexibility index (Phi) is 4.76. The zero-order valence-electron chi connectivity index (χ0n) is 13.0. The predicted molar refractivity (Wildman–Crippen MR) is 93.5 cm³/mol. The Morgan fingerprint density at radius 1 is 1.12 bits per heavy atom. The van der Waals surface area contributed by atoms with Crippen LogP contribution < -0.4 is 10.6 Å². The minimum absolute atomic E-state index is 0.183. The van der Waals surface area contributed by atoms with E-state index in [4.69, 9.17) is 0 Å². The summed E-state index contributed by atoms with van der Waals surface area (Å²) in [6.07, 6.45) is 0.636. The highest BCUT2D eigenvalue weighted by Crippen LogP contribution is 2.26. The van der Waals surface area contributed by atoms with E-state index in [0.29, 0.717) is 6.42 Å². The lowest BCUT2D eigenvalue weighted by Gasteiger charge is -2.15. The summed E-state index contributed by atoms with van der Waals surface area (Å²) in [6.45, 7) is 1.85. The van der Waals surface area contributed by atoms with Crippen LogP contribution in [-0.4, -0.2) is 12.1 Å². The molecule has 124 valence electrons. The number of nitrogens with one attached hydrogen (secondary N) is 2. The van der Waals surface area contributed by atoms with Crippen LogP contribution in [0.5, 0.6) is 0 Å². The number of carbonyl (C=O) groups excluding carboxylic acids is 1. The van der Waals surface area contributed by atoms with Gasteiger partial charge in [-0.15, -0.1) is 11.3 Å². The fourth-order valence-corrected chi connectivity index (χ4v) is 3.54. The van der Waals surface area contributed by atoms with E-state index in [0.717, 1.165) is 23.1 Å². The van der Waals surface area contributed by atoms with Gasteiger partial charge in [0.2, 0.25) is 0 Å². The molecular formula is C18H16F2N2OS. The number of hydrogen-bond acceptors (Lipinski definition) is 2. The number of thiophene rings is 1. The van der Waals surface area contributed by atoms with E-state index >= 15 is 0 Å². The summed E-state index contributed by atoms with van der Waals surface area (Å²) in [5.74, 6) is -1.61. The molecule has 0 bridgehead atoms. The SMILES string of the molecule is C[C@H](Cc1csc2ccccc12)NC(=O)Nc1c(F)cccc1F. The molecule has 0 unspecified atom stereocenters. The lowest BCUT2D eigenvalue weighted by Crippen LogP contribution is -2.37. The number of carbonyl (C=O) groups is 1. The third-order valence-corrected chi connectivity index (χ3v) is 4.68. The number of hydrogen-bond donors (Lipinski definition) is 2. The van der Waals surface area contributed by atoms with E-state index in [1.54, 1.807) is 11.3 Å². The highest BCUT2D eigenvalue weighted by atomic mass is 32.1. The largest absolute Gasteiger partial charge is 0.335 e. The lowest BCUT2D eigenvalue weighted by atomic mass is 10.1. The van der Waals surface area contributed by atoms with Gasteiger partial charge in [0.05, 0.1) is 0 Å². The molecule has 0 saturated heterocycles. The van der Waals surface area contributed by atoms with Gasteiger partial charge in [-0.05, 0) is 47.9 Å². The van der Waals surface area contributed by atoms with E-state index in [2.05, 4.69) is 22.1 Å². The maximum atomic E-state index is 13.5. The van der Waals surface area contributed by atoms with E-state index in [9.17, 15) is 13.6 Å². The van der Waals surface area contributed by atoms with Crippen LogP contribution in [0.3, 0.4) is 0 Å². The fourth-order valence-electron chi connectivity index (χ4n) is 2.56. The van der Waals surface area contributed by atoms with Crippen molar-refractivity contribution < 1.29 is 13.6 Å². The quantitative estimate of drug-likeness (QED) is 0.691. The second kappa shape index (κ2) is 6.97. The van der Waals surface area contributed by atoms with Crippen LogP contribution in [0.2, 0.25) is 0 Å². The number of benzene rings is 2. The molecule has 0 aliphatic rings.